The molecule has 2 aromatic rings. The van der Waals surface area contributed by atoms with Crippen LogP contribution in [0.1, 0.15) is 21.5 Å². The molecule has 0 bridgehead atoms. The fraction of sp³-hybridized carbons (Fsp3) is 0.0588. The Kier molecular flexibility index (Phi) is 5.03. The van der Waals surface area contributed by atoms with Crippen LogP contribution in [0.4, 0.5) is 4.39 Å². The van der Waals surface area contributed by atoms with E-state index in [1.54, 1.807) is 36.4 Å². The van der Waals surface area contributed by atoms with Gasteiger partial charge in [-0.1, -0.05) is 29.8 Å². The largest absolute Gasteiger partial charge is 0.269 e. The molecule has 0 radical (unpaired) electrons. The summed E-state index contributed by atoms with van der Waals surface area (Å²) in [5.41, 5.74) is 6.60. The lowest BCUT2D eigenvalue weighted by atomic mass is 10.1. The Labute approximate surface area is 127 Å². The first-order chi connectivity index (χ1) is 10.5. The number of hydrogen-bond acceptors (Lipinski definition) is 2. The first kappa shape index (κ1) is 15.4. The van der Waals surface area contributed by atoms with Crippen LogP contribution < -0.4 is 10.9 Å². The number of halogens is 1. The lowest BCUT2D eigenvalue weighted by Crippen LogP contribution is -2.40. The van der Waals surface area contributed by atoms with Crippen molar-refractivity contribution < 1.29 is 14.0 Å². The number of carbonyl (C=O) groups excluding carboxylic acids is 2. The van der Waals surface area contributed by atoms with Crippen LogP contribution in [0.2, 0.25) is 0 Å². The highest BCUT2D eigenvalue weighted by Crippen LogP contribution is 2.05. The zero-order chi connectivity index (χ0) is 15.9. The molecule has 2 aromatic carbocycles. The maximum absolute atomic E-state index is 13.0. The van der Waals surface area contributed by atoms with E-state index in [9.17, 15) is 14.0 Å². The number of amides is 2. The number of hydrazine groups is 1. The van der Waals surface area contributed by atoms with Crippen molar-refractivity contribution in [1.29, 1.82) is 0 Å². The summed E-state index contributed by atoms with van der Waals surface area (Å²) in [7, 11) is 0. The summed E-state index contributed by atoms with van der Waals surface area (Å²) < 4.78 is 13.0. The molecule has 0 unspecified atom stereocenters. The van der Waals surface area contributed by atoms with Gasteiger partial charge in [0, 0.05) is 11.6 Å². The normalized spacial score (nSPS) is 10.5. The number of rotatable bonds is 3. The predicted molar refractivity (Wildman–Crippen MR) is 82.2 cm³/mol. The number of aryl methyl sites for hydroxylation is 1. The van der Waals surface area contributed by atoms with Gasteiger partial charge in [-0.2, -0.15) is 0 Å². The fourth-order valence-corrected chi connectivity index (χ4v) is 1.72. The van der Waals surface area contributed by atoms with E-state index in [1.807, 2.05) is 6.92 Å². The molecule has 0 aliphatic carbocycles. The Balaban J connectivity index is 1.87. The molecule has 0 spiro atoms. The minimum atomic E-state index is -0.510. The highest BCUT2D eigenvalue weighted by Gasteiger charge is 2.05. The molecule has 22 heavy (non-hydrogen) atoms. The first-order valence-electron chi connectivity index (χ1n) is 6.65. The molecule has 0 heterocycles. The van der Waals surface area contributed by atoms with Gasteiger partial charge in [0.15, 0.2) is 0 Å². The molecule has 0 aromatic heterocycles. The smallest absolute Gasteiger partial charge is 0.268 e. The van der Waals surface area contributed by atoms with Gasteiger partial charge in [0.1, 0.15) is 5.82 Å². The van der Waals surface area contributed by atoms with Crippen LogP contribution in [-0.2, 0) is 4.79 Å². The van der Waals surface area contributed by atoms with Gasteiger partial charge in [-0.25, -0.2) is 4.39 Å². The van der Waals surface area contributed by atoms with Gasteiger partial charge in [0.25, 0.3) is 11.8 Å². The Morgan fingerprint density at radius 3 is 2.45 bits per heavy atom. The lowest BCUT2D eigenvalue weighted by Gasteiger charge is -2.05. The first-order valence-corrected chi connectivity index (χ1v) is 6.65. The maximum Gasteiger partial charge on any atom is 0.269 e. The van der Waals surface area contributed by atoms with Gasteiger partial charge in [-0.3, -0.25) is 20.4 Å². The fourth-order valence-electron chi connectivity index (χ4n) is 1.72. The van der Waals surface area contributed by atoms with Crippen LogP contribution >= 0.6 is 0 Å². The zero-order valence-electron chi connectivity index (χ0n) is 12.0. The Morgan fingerprint density at radius 1 is 1.05 bits per heavy atom. The van der Waals surface area contributed by atoms with Crippen molar-refractivity contribution in [3.05, 3.63) is 77.1 Å². The Bertz CT molecular complexity index is 709. The summed E-state index contributed by atoms with van der Waals surface area (Å²) in [5, 5.41) is 0. The molecule has 0 saturated carbocycles. The third kappa shape index (κ3) is 4.56. The Hall–Kier alpha value is -2.95. The molecule has 2 rings (SSSR count). The van der Waals surface area contributed by atoms with E-state index in [-0.39, 0.29) is 5.82 Å². The maximum atomic E-state index is 13.0. The van der Waals surface area contributed by atoms with E-state index in [1.165, 1.54) is 24.3 Å². The summed E-state index contributed by atoms with van der Waals surface area (Å²) in [6.07, 6.45) is 2.67. The van der Waals surface area contributed by atoms with Gasteiger partial charge in [0.05, 0.1) is 0 Å². The second-order valence-corrected chi connectivity index (χ2v) is 4.70. The number of carbonyl (C=O) groups is 2. The van der Waals surface area contributed by atoms with E-state index in [4.69, 9.17) is 0 Å². The van der Waals surface area contributed by atoms with Gasteiger partial charge in [0.2, 0.25) is 0 Å². The summed E-state index contributed by atoms with van der Waals surface area (Å²) in [5.74, 6) is -1.30. The van der Waals surface area contributed by atoms with Gasteiger partial charge in [-0.05, 0) is 42.8 Å². The third-order valence-electron chi connectivity index (χ3n) is 2.89. The number of benzene rings is 2. The lowest BCUT2D eigenvalue weighted by molar-refractivity contribution is -0.117. The van der Waals surface area contributed by atoms with Gasteiger partial charge in [-0.15, -0.1) is 0 Å². The average Bonchev–Trinajstić information content (AvgIpc) is 2.51. The van der Waals surface area contributed by atoms with E-state index in [0.29, 0.717) is 11.1 Å². The second kappa shape index (κ2) is 7.17. The molecule has 0 aliphatic rings. The van der Waals surface area contributed by atoms with Crippen LogP contribution in [0, 0.1) is 12.7 Å². The van der Waals surface area contributed by atoms with Crippen molar-refractivity contribution in [3.63, 3.8) is 0 Å². The molecule has 4 nitrogen and oxygen atoms in total. The molecule has 0 atom stereocenters. The standard InChI is InChI=1S/C17H15FN2O2/c1-12-5-8-14(9-6-12)17(22)20-19-16(21)10-7-13-3-2-4-15(18)11-13/h2-11H,1H3,(H,19,21)(H,20,22). The topological polar surface area (TPSA) is 58.2 Å². The van der Waals surface area contributed by atoms with Gasteiger partial charge >= 0.3 is 0 Å². The molecule has 0 fully saturated rings. The van der Waals surface area contributed by atoms with Gasteiger partial charge < -0.3 is 0 Å². The van der Waals surface area contributed by atoms with Crippen LogP contribution in [0.5, 0.6) is 0 Å². The predicted octanol–water partition coefficient (Wildman–Crippen LogP) is 2.61. The van der Waals surface area contributed by atoms with Crippen molar-refractivity contribution in [1.82, 2.24) is 10.9 Å². The van der Waals surface area contributed by atoms with Crippen molar-refractivity contribution in [3.8, 4) is 0 Å². The molecule has 0 aliphatic heterocycles. The second-order valence-electron chi connectivity index (χ2n) is 4.70. The van der Waals surface area contributed by atoms with Crippen molar-refractivity contribution >= 4 is 17.9 Å². The van der Waals surface area contributed by atoms with Crippen molar-refractivity contribution in [2.45, 2.75) is 6.92 Å². The molecular weight excluding hydrogens is 283 g/mol. The van der Waals surface area contributed by atoms with Crippen molar-refractivity contribution in [2.75, 3.05) is 0 Å². The summed E-state index contributed by atoms with van der Waals surface area (Å²) in [6.45, 7) is 1.92. The zero-order valence-corrected chi connectivity index (χ0v) is 12.0. The average molecular weight is 298 g/mol. The number of hydrogen-bond donors (Lipinski definition) is 2. The highest BCUT2D eigenvalue weighted by molar-refractivity contribution is 5.97. The molecule has 2 N–H and O–H groups in total. The highest BCUT2D eigenvalue weighted by atomic mass is 19.1. The molecule has 2 amide bonds. The van der Waals surface area contributed by atoms with Crippen LogP contribution in [0.15, 0.2) is 54.6 Å². The molecule has 112 valence electrons. The quantitative estimate of drug-likeness (QED) is 0.676. The van der Waals surface area contributed by atoms with Crippen LogP contribution in [0.3, 0.4) is 0 Å². The van der Waals surface area contributed by atoms with E-state index in [2.05, 4.69) is 10.9 Å². The summed E-state index contributed by atoms with van der Waals surface area (Å²) >= 11 is 0. The minimum absolute atomic E-state index is 0.379. The summed E-state index contributed by atoms with van der Waals surface area (Å²) in [6, 6.07) is 12.8. The van der Waals surface area contributed by atoms with Crippen LogP contribution in [-0.4, -0.2) is 11.8 Å². The van der Waals surface area contributed by atoms with E-state index < -0.39 is 11.8 Å². The van der Waals surface area contributed by atoms with Crippen molar-refractivity contribution in [2.24, 2.45) is 0 Å². The summed E-state index contributed by atoms with van der Waals surface area (Å²) in [4.78, 5) is 23.4. The Morgan fingerprint density at radius 2 is 1.77 bits per heavy atom. The molecule has 0 saturated heterocycles. The molecular formula is C17H15FN2O2. The minimum Gasteiger partial charge on any atom is -0.268 e. The van der Waals surface area contributed by atoms with E-state index in [0.717, 1.165) is 5.56 Å². The SMILES string of the molecule is Cc1ccc(C(=O)NNC(=O)C=Cc2cccc(F)c2)cc1. The number of nitrogens with one attached hydrogen (secondary N) is 2. The molecule has 5 heteroatoms. The third-order valence-corrected chi connectivity index (χ3v) is 2.89. The van der Waals surface area contributed by atoms with E-state index >= 15 is 0 Å². The monoisotopic (exact) mass is 298 g/mol. The van der Waals surface area contributed by atoms with Crippen LogP contribution in [0.25, 0.3) is 6.08 Å².